The largest absolute Gasteiger partial charge is 0.358 e. The number of benzene rings is 2. The molecule has 3 nitrogen and oxygen atoms in total. The second-order valence-corrected chi connectivity index (χ2v) is 8.20. The highest BCUT2D eigenvalue weighted by Crippen LogP contribution is 2.34. The molecule has 0 bridgehead atoms. The highest BCUT2D eigenvalue weighted by Gasteiger charge is 2.26. The number of likely N-dealkylation sites (tertiary alicyclic amines) is 1. The van der Waals surface area contributed by atoms with Gasteiger partial charge in [-0.05, 0) is 68.7 Å². The standard InChI is InChI=1S/C22H23BrN2O/c1-14-3-8-20-19(13-14)15(2)21(24-20)16-9-11-25(12-10-16)22(26)17-4-6-18(23)7-5-17/h3-8,13,16,24H,9-12H2,1-2H3. The van der Waals surface area contributed by atoms with Crippen LogP contribution in [-0.4, -0.2) is 28.9 Å². The quantitative estimate of drug-likeness (QED) is 0.588. The third-order valence-corrected chi connectivity index (χ3v) is 6.06. The van der Waals surface area contributed by atoms with Gasteiger partial charge >= 0.3 is 0 Å². The summed E-state index contributed by atoms with van der Waals surface area (Å²) in [6.07, 6.45) is 2.02. The molecule has 1 aliphatic heterocycles. The molecule has 0 aliphatic carbocycles. The zero-order valence-electron chi connectivity index (χ0n) is 15.2. The van der Waals surface area contributed by atoms with E-state index in [0.29, 0.717) is 5.92 Å². The number of halogens is 1. The fraction of sp³-hybridized carbons (Fsp3) is 0.318. The maximum Gasteiger partial charge on any atom is 0.253 e. The van der Waals surface area contributed by atoms with Crippen molar-refractivity contribution in [2.45, 2.75) is 32.6 Å². The summed E-state index contributed by atoms with van der Waals surface area (Å²) >= 11 is 3.42. The van der Waals surface area contributed by atoms with Gasteiger partial charge in [-0.25, -0.2) is 0 Å². The Morgan fingerprint density at radius 1 is 1.08 bits per heavy atom. The summed E-state index contributed by atoms with van der Waals surface area (Å²) in [6, 6.07) is 14.2. The van der Waals surface area contributed by atoms with Gasteiger partial charge in [0, 0.05) is 45.6 Å². The van der Waals surface area contributed by atoms with Crippen LogP contribution in [0.15, 0.2) is 46.9 Å². The van der Waals surface area contributed by atoms with E-state index in [-0.39, 0.29) is 5.91 Å². The van der Waals surface area contributed by atoms with Crippen molar-refractivity contribution in [3.8, 4) is 0 Å². The number of hydrogen-bond donors (Lipinski definition) is 1. The first-order valence-corrected chi connectivity index (χ1v) is 9.96. The Kier molecular flexibility index (Phi) is 4.62. The minimum Gasteiger partial charge on any atom is -0.358 e. The first-order chi connectivity index (χ1) is 12.5. The lowest BCUT2D eigenvalue weighted by Gasteiger charge is -2.32. The van der Waals surface area contributed by atoms with E-state index in [0.717, 1.165) is 36.0 Å². The summed E-state index contributed by atoms with van der Waals surface area (Å²) in [5.74, 6) is 0.636. The molecule has 3 aromatic rings. The Bertz CT molecular complexity index is 950. The Balaban J connectivity index is 1.49. The van der Waals surface area contributed by atoms with E-state index < -0.39 is 0 Å². The van der Waals surface area contributed by atoms with Crippen molar-refractivity contribution >= 4 is 32.7 Å². The number of fused-ring (bicyclic) bond motifs is 1. The first-order valence-electron chi connectivity index (χ1n) is 9.16. The number of rotatable bonds is 2. The minimum absolute atomic E-state index is 0.139. The van der Waals surface area contributed by atoms with Crippen LogP contribution in [0.4, 0.5) is 0 Å². The van der Waals surface area contributed by atoms with E-state index in [1.54, 1.807) is 0 Å². The molecule has 4 rings (SSSR count). The molecule has 134 valence electrons. The Hall–Kier alpha value is -2.07. The molecule has 0 unspecified atom stereocenters. The van der Waals surface area contributed by atoms with Crippen LogP contribution < -0.4 is 0 Å². The van der Waals surface area contributed by atoms with Crippen LogP contribution in [0.2, 0.25) is 0 Å². The lowest BCUT2D eigenvalue weighted by Crippen LogP contribution is -2.38. The normalized spacial score (nSPS) is 15.6. The molecule has 1 fully saturated rings. The number of piperidine rings is 1. The van der Waals surface area contributed by atoms with Crippen molar-refractivity contribution < 1.29 is 4.79 Å². The fourth-order valence-corrected chi connectivity index (χ4v) is 4.28. The number of amides is 1. The third kappa shape index (κ3) is 3.18. The van der Waals surface area contributed by atoms with E-state index in [1.165, 1.54) is 27.7 Å². The average Bonchev–Trinajstić information content (AvgIpc) is 2.98. The van der Waals surface area contributed by atoms with Crippen LogP contribution in [0.3, 0.4) is 0 Å². The number of carbonyl (C=O) groups excluding carboxylic acids is 1. The summed E-state index contributed by atoms with van der Waals surface area (Å²) in [5, 5.41) is 1.33. The monoisotopic (exact) mass is 410 g/mol. The zero-order valence-corrected chi connectivity index (χ0v) is 16.8. The van der Waals surface area contributed by atoms with Crippen molar-refractivity contribution in [1.82, 2.24) is 9.88 Å². The minimum atomic E-state index is 0.139. The predicted molar refractivity (Wildman–Crippen MR) is 110 cm³/mol. The molecule has 26 heavy (non-hydrogen) atoms. The van der Waals surface area contributed by atoms with Crippen molar-refractivity contribution in [2.24, 2.45) is 0 Å². The van der Waals surface area contributed by atoms with Gasteiger partial charge in [0.05, 0.1) is 0 Å². The SMILES string of the molecule is Cc1ccc2[nH]c(C3CCN(C(=O)c4ccc(Br)cc4)CC3)c(C)c2c1. The van der Waals surface area contributed by atoms with Gasteiger partial charge in [-0.15, -0.1) is 0 Å². The van der Waals surface area contributed by atoms with Crippen LogP contribution in [-0.2, 0) is 0 Å². The summed E-state index contributed by atoms with van der Waals surface area (Å²) in [5.41, 5.74) is 5.99. The molecule has 1 saturated heterocycles. The van der Waals surface area contributed by atoms with E-state index in [1.807, 2.05) is 29.2 Å². The highest BCUT2D eigenvalue weighted by molar-refractivity contribution is 9.10. The van der Waals surface area contributed by atoms with Crippen molar-refractivity contribution in [1.29, 1.82) is 0 Å². The molecule has 2 heterocycles. The molecule has 1 aromatic heterocycles. The molecule has 0 radical (unpaired) electrons. The molecule has 0 spiro atoms. The van der Waals surface area contributed by atoms with Gasteiger partial charge in [0.15, 0.2) is 0 Å². The summed E-state index contributed by atoms with van der Waals surface area (Å²) in [6.45, 7) is 5.98. The van der Waals surface area contributed by atoms with Crippen LogP contribution in [0.1, 0.15) is 45.9 Å². The Morgan fingerprint density at radius 2 is 1.77 bits per heavy atom. The topological polar surface area (TPSA) is 36.1 Å². The summed E-state index contributed by atoms with van der Waals surface area (Å²) in [4.78, 5) is 18.3. The maximum atomic E-state index is 12.7. The molecule has 1 N–H and O–H groups in total. The molecule has 2 aromatic carbocycles. The van der Waals surface area contributed by atoms with E-state index >= 15 is 0 Å². The highest BCUT2D eigenvalue weighted by atomic mass is 79.9. The number of nitrogens with zero attached hydrogens (tertiary/aromatic N) is 1. The van der Waals surface area contributed by atoms with Crippen molar-refractivity contribution in [2.75, 3.05) is 13.1 Å². The van der Waals surface area contributed by atoms with Gasteiger partial charge in [-0.1, -0.05) is 27.6 Å². The van der Waals surface area contributed by atoms with Gasteiger partial charge in [0.2, 0.25) is 0 Å². The number of nitrogens with one attached hydrogen (secondary N) is 1. The van der Waals surface area contributed by atoms with E-state index in [4.69, 9.17) is 0 Å². The fourth-order valence-electron chi connectivity index (χ4n) is 4.02. The summed E-state index contributed by atoms with van der Waals surface area (Å²) < 4.78 is 0.997. The number of H-pyrrole nitrogens is 1. The van der Waals surface area contributed by atoms with Gasteiger partial charge < -0.3 is 9.88 Å². The molecular formula is C22H23BrN2O. The van der Waals surface area contributed by atoms with Crippen LogP contribution in [0, 0.1) is 13.8 Å². The van der Waals surface area contributed by atoms with E-state index in [9.17, 15) is 4.79 Å². The van der Waals surface area contributed by atoms with Gasteiger partial charge in [0.25, 0.3) is 5.91 Å². The second kappa shape index (κ2) is 6.92. The molecule has 1 aliphatic rings. The Morgan fingerprint density at radius 3 is 2.46 bits per heavy atom. The van der Waals surface area contributed by atoms with Crippen molar-refractivity contribution in [3.05, 3.63) is 69.3 Å². The number of aryl methyl sites for hydroxylation is 2. The van der Waals surface area contributed by atoms with E-state index in [2.05, 4.69) is 53.0 Å². The third-order valence-electron chi connectivity index (χ3n) is 5.53. The van der Waals surface area contributed by atoms with Crippen molar-refractivity contribution in [3.63, 3.8) is 0 Å². The second-order valence-electron chi connectivity index (χ2n) is 7.29. The van der Waals surface area contributed by atoms with Gasteiger partial charge in [0.1, 0.15) is 0 Å². The zero-order chi connectivity index (χ0) is 18.3. The number of aromatic amines is 1. The number of aromatic nitrogens is 1. The summed E-state index contributed by atoms with van der Waals surface area (Å²) in [7, 11) is 0. The molecule has 0 atom stereocenters. The van der Waals surface area contributed by atoms with Gasteiger partial charge in [-0.3, -0.25) is 4.79 Å². The molecule has 0 saturated carbocycles. The first kappa shape index (κ1) is 17.3. The molecular weight excluding hydrogens is 388 g/mol. The smallest absolute Gasteiger partial charge is 0.253 e. The van der Waals surface area contributed by atoms with Crippen LogP contribution >= 0.6 is 15.9 Å². The number of carbonyl (C=O) groups is 1. The van der Waals surface area contributed by atoms with Crippen LogP contribution in [0.25, 0.3) is 10.9 Å². The number of hydrogen-bond acceptors (Lipinski definition) is 1. The maximum absolute atomic E-state index is 12.7. The Labute approximate surface area is 162 Å². The van der Waals surface area contributed by atoms with Crippen LogP contribution in [0.5, 0.6) is 0 Å². The molecule has 4 heteroatoms. The van der Waals surface area contributed by atoms with Gasteiger partial charge in [-0.2, -0.15) is 0 Å². The molecule has 1 amide bonds. The predicted octanol–water partition coefficient (Wildman–Crippen LogP) is 5.57. The average molecular weight is 411 g/mol. The lowest BCUT2D eigenvalue weighted by atomic mass is 9.91. The lowest BCUT2D eigenvalue weighted by molar-refractivity contribution is 0.0712.